The van der Waals surface area contributed by atoms with Gasteiger partial charge in [0.05, 0.1) is 34.3 Å². The van der Waals surface area contributed by atoms with Gasteiger partial charge < -0.3 is 15.0 Å². The number of ether oxygens (including phenoxy) is 1. The third-order valence-corrected chi connectivity index (χ3v) is 6.31. The summed E-state index contributed by atoms with van der Waals surface area (Å²) in [4.78, 5) is 29.5. The van der Waals surface area contributed by atoms with E-state index in [4.69, 9.17) is 14.7 Å². The minimum atomic E-state index is -0.320. The highest BCUT2D eigenvalue weighted by Gasteiger charge is 2.21. The van der Waals surface area contributed by atoms with Crippen molar-refractivity contribution in [2.45, 2.75) is 20.4 Å². The Balaban J connectivity index is 1.83. The van der Waals surface area contributed by atoms with Crippen LogP contribution >= 0.6 is 22.7 Å². The van der Waals surface area contributed by atoms with Gasteiger partial charge in [0.15, 0.2) is 0 Å². The fraction of sp³-hybridized carbons (Fsp3) is 0.300. The summed E-state index contributed by atoms with van der Waals surface area (Å²) < 4.78 is 6.32. The number of benzene rings is 1. The molecule has 7 nitrogen and oxygen atoms in total. The number of rotatable bonds is 6. The Morgan fingerprint density at radius 1 is 1.28 bits per heavy atom. The van der Waals surface area contributed by atoms with E-state index in [0.29, 0.717) is 29.7 Å². The lowest BCUT2D eigenvalue weighted by molar-refractivity contribution is 0.0531. The molecule has 4 aromatic rings. The summed E-state index contributed by atoms with van der Waals surface area (Å²) in [6, 6.07) is 6.02. The van der Waals surface area contributed by atoms with Gasteiger partial charge >= 0.3 is 5.97 Å². The maximum absolute atomic E-state index is 12.4. The van der Waals surface area contributed by atoms with E-state index in [2.05, 4.69) is 16.4 Å². The van der Waals surface area contributed by atoms with Crippen LogP contribution in [-0.2, 0) is 11.3 Å². The van der Waals surface area contributed by atoms with Gasteiger partial charge in [-0.05, 0) is 51.7 Å². The quantitative estimate of drug-likeness (QED) is 0.451. The highest BCUT2D eigenvalue weighted by atomic mass is 32.1. The number of hydrogen-bond donors (Lipinski definition) is 1. The first-order valence-electron chi connectivity index (χ1n) is 9.18. The number of carbonyl (C=O) groups excluding carboxylic acids is 1. The predicted molar refractivity (Wildman–Crippen MR) is 118 cm³/mol. The number of anilines is 2. The van der Waals surface area contributed by atoms with Gasteiger partial charge in [-0.15, -0.1) is 22.7 Å². The molecular formula is C20H21N5O2S2. The van der Waals surface area contributed by atoms with E-state index in [1.165, 1.54) is 11.3 Å². The molecule has 0 radical (unpaired) electrons. The molecule has 0 aliphatic rings. The first kappa shape index (κ1) is 19.7. The second kappa shape index (κ2) is 8.02. The number of thiophene rings is 1. The van der Waals surface area contributed by atoms with Crippen molar-refractivity contribution in [2.75, 3.05) is 26.0 Å². The van der Waals surface area contributed by atoms with E-state index in [-0.39, 0.29) is 5.97 Å². The first-order valence-corrected chi connectivity index (χ1v) is 10.9. The van der Waals surface area contributed by atoms with Gasteiger partial charge in [0.2, 0.25) is 0 Å². The van der Waals surface area contributed by atoms with Crippen molar-refractivity contribution in [3.05, 3.63) is 40.0 Å². The third kappa shape index (κ3) is 3.93. The van der Waals surface area contributed by atoms with Crippen molar-refractivity contribution in [3.63, 3.8) is 0 Å². The van der Waals surface area contributed by atoms with Crippen molar-refractivity contribution < 1.29 is 9.53 Å². The molecule has 4 rings (SSSR count). The van der Waals surface area contributed by atoms with Gasteiger partial charge in [-0.25, -0.2) is 19.7 Å². The number of carbonyl (C=O) groups is 1. The van der Waals surface area contributed by atoms with Crippen LogP contribution in [0, 0.1) is 6.92 Å². The average Bonchev–Trinajstić information content (AvgIpc) is 3.25. The Morgan fingerprint density at radius 3 is 2.86 bits per heavy atom. The Labute approximate surface area is 176 Å². The molecule has 0 fully saturated rings. The van der Waals surface area contributed by atoms with Crippen LogP contribution in [0.25, 0.3) is 20.4 Å². The Kier molecular flexibility index (Phi) is 5.44. The van der Waals surface area contributed by atoms with Gasteiger partial charge in [0, 0.05) is 5.69 Å². The molecule has 0 atom stereocenters. The van der Waals surface area contributed by atoms with E-state index >= 15 is 0 Å². The van der Waals surface area contributed by atoms with Crippen LogP contribution in [-0.4, -0.2) is 46.5 Å². The van der Waals surface area contributed by atoms with Crippen molar-refractivity contribution in [1.82, 2.24) is 19.9 Å². The normalized spacial score (nSPS) is 11.5. The maximum atomic E-state index is 12.4. The molecule has 0 saturated heterocycles. The molecule has 1 aromatic carbocycles. The summed E-state index contributed by atoms with van der Waals surface area (Å²) in [6.45, 7) is 4.66. The number of aryl methyl sites for hydroxylation is 1. The molecule has 0 spiro atoms. The van der Waals surface area contributed by atoms with Gasteiger partial charge in [0.25, 0.3) is 0 Å². The van der Waals surface area contributed by atoms with E-state index in [9.17, 15) is 4.79 Å². The van der Waals surface area contributed by atoms with Crippen LogP contribution in [0.3, 0.4) is 0 Å². The second-order valence-corrected chi connectivity index (χ2v) is 8.73. The number of hydrogen-bond acceptors (Lipinski definition) is 9. The zero-order valence-corrected chi connectivity index (χ0v) is 18.3. The molecule has 0 aliphatic carbocycles. The Bertz CT molecular complexity index is 1200. The molecular weight excluding hydrogens is 406 g/mol. The predicted octanol–water partition coefficient (Wildman–Crippen LogP) is 4.59. The summed E-state index contributed by atoms with van der Waals surface area (Å²) in [5.74, 6) is 1.07. The Hall–Kier alpha value is -2.62. The summed E-state index contributed by atoms with van der Waals surface area (Å²) in [7, 11) is 3.95. The second-order valence-electron chi connectivity index (χ2n) is 6.84. The summed E-state index contributed by atoms with van der Waals surface area (Å²) in [5.41, 5.74) is 4.56. The van der Waals surface area contributed by atoms with Gasteiger partial charge in [-0.3, -0.25) is 0 Å². The molecule has 3 aromatic heterocycles. The molecule has 3 heterocycles. The minimum Gasteiger partial charge on any atom is -0.462 e. The number of nitrogens with zero attached hydrogens (tertiary/aromatic N) is 4. The number of thiazole rings is 1. The monoisotopic (exact) mass is 427 g/mol. The summed E-state index contributed by atoms with van der Waals surface area (Å²) >= 11 is 2.94. The molecule has 0 unspecified atom stereocenters. The standard InChI is InChI=1S/C20H21N5O2S2/c1-5-27-20(26)17-11(2)16-18(23-15(9-25(3)4)24-19(16)29-17)22-12-6-7-13-14(8-12)28-10-21-13/h6-8,10H,5,9H2,1-4H3,(H,22,23,24). The lowest BCUT2D eigenvalue weighted by atomic mass is 10.2. The van der Waals surface area contributed by atoms with Crippen molar-refractivity contribution >= 4 is 60.6 Å². The molecule has 0 saturated carbocycles. The number of esters is 1. The lowest BCUT2D eigenvalue weighted by Crippen LogP contribution is -2.14. The van der Waals surface area contributed by atoms with Crippen LogP contribution in [0.4, 0.5) is 11.5 Å². The minimum absolute atomic E-state index is 0.320. The lowest BCUT2D eigenvalue weighted by Gasteiger charge is -2.12. The Morgan fingerprint density at radius 2 is 2.10 bits per heavy atom. The fourth-order valence-electron chi connectivity index (χ4n) is 3.09. The SMILES string of the molecule is CCOC(=O)c1sc2nc(CN(C)C)nc(Nc3ccc4ncsc4c3)c2c1C. The maximum Gasteiger partial charge on any atom is 0.348 e. The fourth-order valence-corrected chi connectivity index (χ4v) is 4.90. The first-order chi connectivity index (χ1) is 14.0. The van der Waals surface area contributed by atoms with Crippen molar-refractivity contribution in [2.24, 2.45) is 0 Å². The van der Waals surface area contributed by atoms with Crippen molar-refractivity contribution in [1.29, 1.82) is 0 Å². The molecule has 1 N–H and O–H groups in total. The van der Waals surface area contributed by atoms with Crippen molar-refractivity contribution in [3.8, 4) is 0 Å². The highest BCUT2D eigenvalue weighted by molar-refractivity contribution is 7.20. The van der Waals surface area contributed by atoms with Crippen LogP contribution in [0.2, 0.25) is 0 Å². The molecule has 150 valence electrons. The van der Waals surface area contributed by atoms with Gasteiger partial charge in [-0.1, -0.05) is 0 Å². The molecule has 0 bridgehead atoms. The summed E-state index contributed by atoms with van der Waals surface area (Å²) in [6.07, 6.45) is 0. The number of aromatic nitrogens is 3. The van der Waals surface area contributed by atoms with Crippen LogP contribution in [0.1, 0.15) is 28.0 Å². The third-order valence-electron chi connectivity index (χ3n) is 4.35. The topological polar surface area (TPSA) is 80.2 Å². The van der Waals surface area contributed by atoms with Gasteiger partial charge in [0.1, 0.15) is 21.3 Å². The number of nitrogens with one attached hydrogen (secondary N) is 1. The zero-order valence-electron chi connectivity index (χ0n) is 16.6. The molecule has 0 aliphatic heterocycles. The molecule has 0 amide bonds. The zero-order chi connectivity index (χ0) is 20.5. The molecule has 29 heavy (non-hydrogen) atoms. The summed E-state index contributed by atoms with van der Waals surface area (Å²) in [5, 5.41) is 4.28. The van der Waals surface area contributed by atoms with Crippen LogP contribution in [0.5, 0.6) is 0 Å². The molecule has 9 heteroatoms. The number of fused-ring (bicyclic) bond motifs is 2. The highest BCUT2D eigenvalue weighted by Crippen LogP contribution is 2.36. The van der Waals surface area contributed by atoms with E-state index < -0.39 is 0 Å². The van der Waals surface area contributed by atoms with E-state index in [0.717, 1.165) is 31.7 Å². The largest absolute Gasteiger partial charge is 0.462 e. The van der Waals surface area contributed by atoms with E-state index in [1.807, 2.05) is 43.6 Å². The van der Waals surface area contributed by atoms with Crippen LogP contribution in [0.15, 0.2) is 23.7 Å². The average molecular weight is 428 g/mol. The van der Waals surface area contributed by atoms with Gasteiger partial charge in [-0.2, -0.15) is 0 Å². The van der Waals surface area contributed by atoms with Crippen LogP contribution < -0.4 is 5.32 Å². The smallest absolute Gasteiger partial charge is 0.348 e. The van der Waals surface area contributed by atoms with E-state index in [1.54, 1.807) is 18.3 Å².